The Kier molecular flexibility index (Phi) is 5.34. The Hall–Kier alpha value is -0.940. The van der Waals surface area contributed by atoms with E-state index in [-0.39, 0.29) is 0 Å². The van der Waals surface area contributed by atoms with E-state index in [4.69, 9.17) is 10.3 Å². The lowest BCUT2D eigenvalue weighted by atomic mass is 10.0. The van der Waals surface area contributed by atoms with Gasteiger partial charge in [0.2, 0.25) is 5.89 Å². The fourth-order valence-electron chi connectivity index (χ4n) is 2.99. The number of rotatable bonds is 7. The van der Waals surface area contributed by atoms with Gasteiger partial charge in [0.15, 0.2) is 5.82 Å². The van der Waals surface area contributed by atoms with Gasteiger partial charge in [0.1, 0.15) is 0 Å². The molecule has 2 rings (SSSR count). The van der Waals surface area contributed by atoms with E-state index in [1.807, 2.05) is 0 Å². The SMILES string of the molecule is CCCCc1noc(CN(C)C2CCCC2CN)n1. The summed E-state index contributed by atoms with van der Waals surface area (Å²) in [7, 11) is 2.13. The second-order valence-corrected chi connectivity index (χ2v) is 5.62. The zero-order chi connectivity index (χ0) is 13.7. The number of aryl methyl sites for hydroxylation is 1. The van der Waals surface area contributed by atoms with Crippen molar-refractivity contribution in [3.05, 3.63) is 11.7 Å². The number of nitrogens with zero attached hydrogens (tertiary/aromatic N) is 3. The van der Waals surface area contributed by atoms with Crippen molar-refractivity contribution >= 4 is 0 Å². The van der Waals surface area contributed by atoms with E-state index in [2.05, 4.69) is 29.0 Å². The second-order valence-electron chi connectivity index (χ2n) is 5.62. The van der Waals surface area contributed by atoms with Crippen LogP contribution in [0, 0.1) is 5.92 Å². The van der Waals surface area contributed by atoms with Crippen LogP contribution in [0.4, 0.5) is 0 Å². The molecule has 5 nitrogen and oxygen atoms in total. The van der Waals surface area contributed by atoms with Crippen molar-refractivity contribution in [2.24, 2.45) is 11.7 Å². The van der Waals surface area contributed by atoms with Crippen LogP contribution < -0.4 is 5.73 Å². The maximum atomic E-state index is 5.84. The van der Waals surface area contributed by atoms with Gasteiger partial charge in [0, 0.05) is 12.5 Å². The number of nitrogens with two attached hydrogens (primary N) is 1. The van der Waals surface area contributed by atoms with Crippen molar-refractivity contribution in [3.63, 3.8) is 0 Å². The topological polar surface area (TPSA) is 68.2 Å². The first-order valence-electron chi connectivity index (χ1n) is 7.46. The predicted octanol–water partition coefficient (Wildman–Crippen LogP) is 1.97. The molecule has 1 aliphatic rings. The molecular weight excluding hydrogens is 240 g/mol. The van der Waals surface area contributed by atoms with Crippen LogP contribution >= 0.6 is 0 Å². The Balaban J connectivity index is 1.87. The van der Waals surface area contributed by atoms with Gasteiger partial charge in [-0.05, 0) is 38.8 Å². The number of hydrogen-bond acceptors (Lipinski definition) is 5. The van der Waals surface area contributed by atoms with Crippen LogP contribution in [-0.4, -0.2) is 34.7 Å². The lowest BCUT2D eigenvalue weighted by molar-refractivity contribution is 0.171. The predicted molar refractivity (Wildman–Crippen MR) is 74.6 cm³/mol. The monoisotopic (exact) mass is 266 g/mol. The lowest BCUT2D eigenvalue weighted by Crippen LogP contribution is -2.37. The van der Waals surface area contributed by atoms with E-state index >= 15 is 0 Å². The zero-order valence-corrected chi connectivity index (χ0v) is 12.1. The Bertz CT molecular complexity index is 379. The summed E-state index contributed by atoms with van der Waals surface area (Å²) >= 11 is 0. The third-order valence-corrected chi connectivity index (χ3v) is 4.14. The number of hydrogen-bond donors (Lipinski definition) is 1. The molecular formula is C14H26N4O. The number of unbranched alkanes of at least 4 members (excludes halogenated alkanes) is 1. The van der Waals surface area contributed by atoms with Crippen LogP contribution in [0.5, 0.6) is 0 Å². The van der Waals surface area contributed by atoms with Crippen molar-refractivity contribution in [2.75, 3.05) is 13.6 Å². The molecule has 1 aromatic rings. The summed E-state index contributed by atoms with van der Waals surface area (Å²) in [4.78, 5) is 6.78. The molecule has 0 aromatic carbocycles. The summed E-state index contributed by atoms with van der Waals surface area (Å²) in [5.41, 5.74) is 5.84. The van der Waals surface area contributed by atoms with Gasteiger partial charge in [-0.3, -0.25) is 4.90 Å². The summed E-state index contributed by atoms with van der Waals surface area (Å²) in [6.07, 6.45) is 6.95. The van der Waals surface area contributed by atoms with Crippen LogP contribution in [-0.2, 0) is 13.0 Å². The van der Waals surface area contributed by atoms with Gasteiger partial charge in [-0.15, -0.1) is 0 Å². The zero-order valence-electron chi connectivity index (χ0n) is 12.1. The molecule has 2 atom stereocenters. The summed E-state index contributed by atoms with van der Waals surface area (Å²) in [6, 6.07) is 0.566. The van der Waals surface area contributed by atoms with Crippen LogP contribution in [0.2, 0.25) is 0 Å². The summed E-state index contributed by atoms with van der Waals surface area (Å²) < 4.78 is 5.33. The van der Waals surface area contributed by atoms with Crippen molar-refractivity contribution in [1.29, 1.82) is 0 Å². The summed E-state index contributed by atoms with van der Waals surface area (Å²) in [5.74, 6) is 2.19. The molecule has 1 aromatic heterocycles. The Labute approximate surface area is 115 Å². The smallest absolute Gasteiger partial charge is 0.240 e. The summed E-state index contributed by atoms with van der Waals surface area (Å²) in [5, 5.41) is 4.04. The third kappa shape index (κ3) is 3.76. The van der Waals surface area contributed by atoms with E-state index in [1.165, 1.54) is 19.3 Å². The van der Waals surface area contributed by atoms with Crippen LogP contribution in [0.15, 0.2) is 4.52 Å². The molecule has 2 N–H and O–H groups in total. The molecule has 19 heavy (non-hydrogen) atoms. The van der Waals surface area contributed by atoms with Gasteiger partial charge in [-0.25, -0.2) is 0 Å². The summed E-state index contributed by atoms with van der Waals surface area (Å²) in [6.45, 7) is 3.68. The maximum absolute atomic E-state index is 5.84. The van der Waals surface area contributed by atoms with E-state index in [0.717, 1.165) is 44.1 Å². The minimum atomic E-state index is 0.566. The van der Waals surface area contributed by atoms with Crippen molar-refractivity contribution in [2.45, 2.75) is 58.0 Å². The molecule has 0 aliphatic heterocycles. The minimum absolute atomic E-state index is 0.566. The first kappa shape index (κ1) is 14.5. The molecule has 2 unspecified atom stereocenters. The molecule has 1 fully saturated rings. The van der Waals surface area contributed by atoms with Gasteiger partial charge < -0.3 is 10.3 Å². The van der Waals surface area contributed by atoms with Gasteiger partial charge in [-0.1, -0.05) is 24.9 Å². The highest BCUT2D eigenvalue weighted by Crippen LogP contribution is 2.29. The van der Waals surface area contributed by atoms with Crippen molar-refractivity contribution < 1.29 is 4.52 Å². The maximum Gasteiger partial charge on any atom is 0.240 e. The van der Waals surface area contributed by atoms with Gasteiger partial charge in [-0.2, -0.15) is 4.98 Å². The molecule has 108 valence electrons. The Morgan fingerprint density at radius 1 is 1.42 bits per heavy atom. The van der Waals surface area contributed by atoms with E-state index in [1.54, 1.807) is 0 Å². The highest BCUT2D eigenvalue weighted by atomic mass is 16.5. The van der Waals surface area contributed by atoms with Crippen LogP contribution in [0.3, 0.4) is 0 Å². The van der Waals surface area contributed by atoms with Gasteiger partial charge in [0.05, 0.1) is 6.54 Å². The quantitative estimate of drug-likeness (QED) is 0.817. The lowest BCUT2D eigenvalue weighted by Gasteiger charge is -2.27. The minimum Gasteiger partial charge on any atom is -0.338 e. The fraction of sp³-hybridized carbons (Fsp3) is 0.857. The third-order valence-electron chi connectivity index (χ3n) is 4.14. The molecule has 0 amide bonds. The molecule has 0 bridgehead atoms. The molecule has 5 heteroatoms. The first-order chi connectivity index (χ1) is 9.24. The van der Waals surface area contributed by atoms with E-state index in [9.17, 15) is 0 Å². The number of aromatic nitrogens is 2. The Morgan fingerprint density at radius 3 is 3.00 bits per heavy atom. The van der Waals surface area contributed by atoms with Crippen molar-refractivity contribution in [1.82, 2.24) is 15.0 Å². The van der Waals surface area contributed by atoms with Crippen LogP contribution in [0.25, 0.3) is 0 Å². The average molecular weight is 266 g/mol. The van der Waals surface area contributed by atoms with Crippen LogP contribution in [0.1, 0.15) is 50.7 Å². The van der Waals surface area contributed by atoms with Gasteiger partial charge in [0.25, 0.3) is 0 Å². The largest absolute Gasteiger partial charge is 0.338 e. The molecule has 1 heterocycles. The molecule has 0 spiro atoms. The molecule has 0 radical (unpaired) electrons. The highest BCUT2D eigenvalue weighted by Gasteiger charge is 2.29. The Morgan fingerprint density at radius 2 is 2.26 bits per heavy atom. The molecule has 0 saturated heterocycles. The standard InChI is InChI=1S/C14H26N4O/c1-3-4-8-13-16-14(19-17-13)10-18(2)12-7-5-6-11(12)9-15/h11-12H,3-10,15H2,1-2H3. The van der Waals surface area contributed by atoms with E-state index < -0.39 is 0 Å². The average Bonchev–Trinajstić information content (AvgIpc) is 3.04. The van der Waals surface area contributed by atoms with Gasteiger partial charge >= 0.3 is 0 Å². The van der Waals surface area contributed by atoms with E-state index in [0.29, 0.717) is 12.0 Å². The molecule has 1 saturated carbocycles. The molecule has 1 aliphatic carbocycles. The second kappa shape index (κ2) is 7.01. The first-order valence-corrected chi connectivity index (χ1v) is 7.46. The van der Waals surface area contributed by atoms with Crippen molar-refractivity contribution in [3.8, 4) is 0 Å². The highest BCUT2D eigenvalue weighted by molar-refractivity contribution is 4.90. The fourth-order valence-corrected chi connectivity index (χ4v) is 2.99. The normalized spacial score (nSPS) is 23.4.